The molecule has 2 heterocycles. The maximum Gasteiger partial charge on any atom is 0.219 e. The van der Waals surface area contributed by atoms with Gasteiger partial charge in [0.1, 0.15) is 4.90 Å². The third kappa shape index (κ3) is 2.55. The molecule has 0 bridgehead atoms. The van der Waals surface area contributed by atoms with Gasteiger partial charge in [-0.1, -0.05) is 0 Å². The molecule has 1 fully saturated rings. The van der Waals surface area contributed by atoms with Crippen LogP contribution in [0.15, 0.2) is 11.1 Å². The maximum atomic E-state index is 11.6. The fraction of sp³-hybridized carbons (Fsp3) is 0.636. The number of sulfone groups is 1. The first-order valence-corrected chi connectivity index (χ1v) is 7.77. The van der Waals surface area contributed by atoms with E-state index >= 15 is 0 Å². The minimum atomic E-state index is -3.24. The largest absolute Gasteiger partial charge is 0.343 e. The predicted octanol–water partition coefficient (Wildman–Crippen LogP) is 0.539. The van der Waals surface area contributed by atoms with Gasteiger partial charge in [0, 0.05) is 32.2 Å². The van der Waals surface area contributed by atoms with E-state index in [2.05, 4.69) is 10.2 Å². The van der Waals surface area contributed by atoms with Crippen LogP contribution in [-0.2, 0) is 14.6 Å². The Bertz CT molecular complexity index is 542. The Balaban J connectivity index is 2.16. The minimum Gasteiger partial charge on any atom is -0.343 e. The lowest BCUT2D eigenvalue weighted by Crippen LogP contribution is -2.36. The van der Waals surface area contributed by atoms with E-state index in [0.717, 1.165) is 12.8 Å². The van der Waals surface area contributed by atoms with Gasteiger partial charge in [-0.25, -0.2) is 8.42 Å². The van der Waals surface area contributed by atoms with E-state index in [9.17, 15) is 13.2 Å². The van der Waals surface area contributed by atoms with Crippen LogP contribution in [0.5, 0.6) is 0 Å². The molecule has 1 aliphatic heterocycles. The first-order chi connectivity index (χ1) is 8.39. The van der Waals surface area contributed by atoms with Crippen LogP contribution in [0.3, 0.4) is 0 Å². The van der Waals surface area contributed by atoms with Crippen molar-refractivity contribution < 1.29 is 13.2 Å². The summed E-state index contributed by atoms with van der Waals surface area (Å²) in [5.74, 6) is 0.203. The molecule has 18 heavy (non-hydrogen) atoms. The summed E-state index contributed by atoms with van der Waals surface area (Å²) >= 11 is 0. The van der Waals surface area contributed by atoms with Crippen LogP contribution in [-0.4, -0.2) is 48.8 Å². The Labute approximate surface area is 106 Å². The number of nitrogens with zero attached hydrogens (tertiary/aromatic N) is 2. The number of amides is 1. The van der Waals surface area contributed by atoms with Crippen molar-refractivity contribution in [2.24, 2.45) is 0 Å². The molecule has 7 heteroatoms. The van der Waals surface area contributed by atoms with Crippen molar-refractivity contribution in [1.29, 1.82) is 0 Å². The molecule has 0 aliphatic carbocycles. The molecule has 1 N–H and O–H groups in total. The second kappa shape index (κ2) is 4.72. The molecule has 1 amide bonds. The Morgan fingerprint density at radius 1 is 1.44 bits per heavy atom. The number of hydrogen-bond acceptors (Lipinski definition) is 4. The summed E-state index contributed by atoms with van der Waals surface area (Å²) in [7, 11) is -3.24. The molecule has 6 nitrogen and oxygen atoms in total. The molecule has 1 aromatic rings. The molecule has 0 aromatic carbocycles. The number of H-pyrrole nitrogens is 1. The van der Waals surface area contributed by atoms with E-state index in [4.69, 9.17) is 0 Å². The van der Waals surface area contributed by atoms with Crippen LogP contribution in [0.4, 0.5) is 0 Å². The monoisotopic (exact) mass is 271 g/mol. The van der Waals surface area contributed by atoms with Crippen LogP contribution in [0.2, 0.25) is 0 Å². The second-order valence-electron chi connectivity index (χ2n) is 4.70. The van der Waals surface area contributed by atoms with Crippen LogP contribution in [0.25, 0.3) is 0 Å². The number of piperidine rings is 1. The number of rotatable bonds is 2. The van der Waals surface area contributed by atoms with Gasteiger partial charge < -0.3 is 4.90 Å². The van der Waals surface area contributed by atoms with Crippen molar-refractivity contribution in [2.75, 3.05) is 19.3 Å². The Kier molecular flexibility index (Phi) is 3.43. The lowest BCUT2D eigenvalue weighted by molar-refractivity contribution is -0.129. The van der Waals surface area contributed by atoms with Gasteiger partial charge in [0.05, 0.1) is 11.9 Å². The number of nitrogens with one attached hydrogen (secondary N) is 1. The highest BCUT2D eigenvalue weighted by atomic mass is 32.2. The summed E-state index contributed by atoms with van der Waals surface area (Å²) < 4.78 is 23.2. The SMILES string of the molecule is CC(=O)N1CCC(c2[nH]ncc2S(C)(=O)=O)CC1. The second-order valence-corrected chi connectivity index (χ2v) is 6.68. The normalized spacial score (nSPS) is 18.0. The molecule has 0 atom stereocenters. The fourth-order valence-corrected chi connectivity index (χ4v) is 3.21. The Hall–Kier alpha value is -1.37. The van der Waals surface area contributed by atoms with Crippen molar-refractivity contribution in [3.05, 3.63) is 11.9 Å². The highest BCUT2D eigenvalue weighted by molar-refractivity contribution is 7.90. The van der Waals surface area contributed by atoms with Crippen molar-refractivity contribution in [1.82, 2.24) is 15.1 Å². The Morgan fingerprint density at radius 2 is 2.06 bits per heavy atom. The summed E-state index contributed by atoms with van der Waals surface area (Å²) in [6.07, 6.45) is 4.09. The number of aromatic nitrogens is 2. The van der Waals surface area contributed by atoms with Crippen molar-refractivity contribution in [3.8, 4) is 0 Å². The van der Waals surface area contributed by atoms with Gasteiger partial charge >= 0.3 is 0 Å². The summed E-state index contributed by atoms with van der Waals surface area (Å²) in [4.78, 5) is 13.3. The molecular formula is C11H17N3O3S. The zero-order valence-corrected chi connectivity index (χ0v) is 11.3. The van der Waals surface area contributed by atoms with Crippen LogP contribution >= 0.6 is 0 Å². The van der Waals surface area contributed by atoms with E-state index in [-0.39, 0.29) is 16.7 Å². The first kappa shape index (κ1) is 13.1. The third-order valence-electron chi connectivity index (χ3n) is 3.38. The molecule has 1 aromatic heterocycles. The molecule has 2 rings (SSSR count). The first-order valence-electron chi connectivity index (χ1n) is 5.88. The molecule has 1 aliphatic rings. The fourth-order valence-electron chi connectivity index (χ4n) is 2.36. The van der Waals surface area contributed by atoms with Crippen LogP contribution < -0.4 is 0 Å². The van der Waals surface area contributed by atoms with Gasteiger partial charge in [-0.15, -0.1) is 0 Å². The van der Waals surface area contributed by atoms with Crippen molar-refractivity contribution >= 4 is 15.7 Å². The maximum absolute atomic E-state index is 11.6. The Morgan fingerprint density at radius 3 is 2.56 bits per heavy atom. The zero-order valence-electron chi connectivity index (χ0n) is 10.5. The lowest BCUT2D eigenvalue weighted by Gasteiger charge is -2.31. The summed E-state index contributed by atoms with van der Waals surface area (Å²) in [6.45, 7) is 2.89. The number of carbonyl (C=O) groups excluding carboxylic acids is 1. The molecule has 1 saturated heterocycles. The van der Waals surface area contributed by atoms with E-state index in [0.29, 0.717) is 18.8 Å². The van der Waals surface area contributed by atoms with Crippen molar-refractivity contribution in [2.45, 2.75) is 30.6 Å². The van der Waals surface area contributed by atoms with Gasteiger partial charge in [-0.05, 0) is 12.8 Å². The third-order valence-corrected chi connectivity index (χ3v) is 4.50. The lowest BCUT2D eigenvalue weighted by atomic mass is 9.93. The molecule has 0 saturated carbocycles. The summed E-state index contributed by atoms with van der Waals surface area (Å²) in [5, 5.41) is 6.63. The highest BCUT2D eigenvalue weighted by Gasteiger charge is 2.27. The standard InChI is InChI=1S/C11H17N3O3S/c1-8(15)14-5-3-9(4-6-14)11-10(7-12-13-11)18(2,16)17/h7,9H,3-6H2,1-2H3,(H,12,13). The topological polar surface area (TPSA) is 83.1 Å². The minimum absolute atomic E-state index is 0.0707. The van der Waals surface area contributed by atoms with Crippen LogP contribution in [0, 0.1) is 0 Å². The zero-order chi connectivity index (χ0) is 13.3. The van der Waals surface area contributed by atoms with Gasteiger partial charge in [-0.3, -0.25) is 9.89 Å². The molecule has 0 radical (unpaired) electrons. The van der Waals surface area contributed by atoms with E-state index < -0.39 is 9.84 Å². The van der Waals surface area contributed by atoms with Gasteiger partial charge in [0.2, 0.25) is 5.91 Å². The smallest absolute Gasteiger partial charge is 0.219 e. The van der Waals surface area contributed by atoms with Gasteiger partial charge in [0.15, 0.2) is 9.84 Å². The summed E-state index contributed by atoms with van der Waals surface area (Å²) in [5.41, 5.74) is 0.681. The molecule has 0 spiro atoms. The molecular weight excluding hydrogens is 254 g/mol. The summed E-state index contributed by atoms with van der Waals surface area (Å²) in [6, 6.07) is 0. The van der Waals surface area contributed by atoms with E-state index in [1.165, 1.54) is 12.5 Å². The predicted molar refractivity (Wildman–Crippen MR) is 65.9 cm³/mol. The van der Waals surface area contributed by atoms with Gasteiger partial charge in [-0.2, -0.15) is 5.10 Å². The number of likely N-dealkylation sites (tertiary alicyclic amines) is 1. The van der Waals surface area contributed by atoms with E-state index in [1.807, 2.05) is 0 Å². The average Bonchev–Trinajstić information content (AvgIpc) is 2.77. The van der Waals surface area contributed by atoms with E-state index in [1.54, 1.807) is 11.8 Å². The highest BCUT2D eigenvalue weighted by Crippen LogP contribution is 2.30. The number of hydrogen-bond donors (Lipinski definition) is 1. The van der Waals surface area contributed by atoms with Crippen molar-refractivity contribution in [3.63, 3.8) is 0 Å². The quantitative estimate of drug-likeness (QED) is 0.851. The number of aromatic amines is 1. The van der Waals surface area contributed by atoms with Gasteiger partial charge in [0.25, 0.3) is 0 Å². The number of carbonyl (C=O) groups is 1. The average molecular weight is 271 g/mol. The van der Waals surface area contributed by atoms with Crippen LogP contribution in [0.1, 0.15) is 31.4 Å². The molecule has 100 valence electrons. The molecule has 0 unspecified atom stereocenters.